The molecule has 0 unspecified atom stereocenters. The molecule has 1 aromatic carbocycles. The zero-order valence-corrected chi connectivity index (χ0v) is 11.7. The number of nitrogens with zero attached hydrogens (tertiary/aromatic N) is 1. The van der Waals surface area contributed by atoms with E-state index in [1.165, 1.54) is 0 Å². The summed E-state index contributed by atoms with van der Waals surface area (Å²) in [6.07, 6.45) is 0.239. The predicted octanol–water partition coefficient (Wildman–Crippen LogP) is 1.42. The molecule has 1 N–H and O–H groups in total. The highest BCUT2D eigenvalue weighted by atomic mass is 16.5. The van der Waals surface area contributed by atoms with E-state index < -0.39 is 11.9 Å². The lowest BCUT2D eigenvalue weighted by atomic mass is 9.99. The van der Waals surface area contributed by atoms with Crippen LogP contribution in [0.2, 0.25) is 0 Å². The Hall–Kier alpha value is -2.04. The molecule has 1 aliphatic rings. The van der Waals surface area contributed by atoms with Gasteiger partial charge in [-0.25, -0.2) is 0 Å². The molecule has 1 amide bonds. The molecule has 1 aromatic rings. The molecule has 2 rings (SSSR count). The Bertz CT molecular complexity index is 514. The average molecular weight is 277 g/mol. The summed E-state index contributed by atoms with van der Waals surface area (Å²) in [5.74, 6) is -0.663. The summed E-state index contributed by atoms with van der Waals surface area (Å²) in [5, 5.41) is 9.10. The highest BCUT2D eigenvalue weighted by Gasteiger charge is 2.36. The molecule has 20 heavy (non-hydrogen) atoms. The Kier molecular flexibility index (Phi) is 4.27. The molecule has 1 saturated heterocycles. The number of ether oxygens (including phenoxy) is 1. The van der Waals surface area contributed by atoms with Crippen LogP contribution in [-0.2, 0) is 16.0 Å². The number of aliphatic carboxylic acids is 1. The number of carbonyl (C=O) groups is 2. The van der Waals surface area contributed by atoms with Gasteiger partial charge in [0.05, 0.1) is 19.4 Å². The number of methoxy groups -OCH3 is 1. The van der Waals surface area contributed by atoms with Crippen molar-refractivity contribution in [3.05, 3.63) is 29.8 Å². The second-order valence-corrected chi connectivity index (χ2v) is 5.21. The second-order valence-electron chi connectivity index (χ2n) is 5.21. The van der Waals surface area contributed by atoms with Crippen molar-refractivity contribution in [1.29, 1.82) is 0 Å². The van der Waals surface area contributed by atoms with E-state index in [4.69, 9.17) is 9.84 Å². The number of carbonyl (C=O) groups excluding carboxylic acids is 1. The van der Waals surface area contributed by atoms with Gasteiger partial charge in [0, 0.05) is 18.7 Å². The van der Waals surface area contributed by atoms with Gasteiger partial charge in [-0.1, -0.05) is 25.1 Å². The fourth-order valence-electron chi connectivity index (χ4n) is 2.62. The summed E-state index contributed by atoms with van der Waals surface area (Å²) in [6.45, 7) is 2.67. The molecule has 0 aliphatic carbocycles. The van der Waals surface area contributed by atoms with Crippen LogP contribution in [0.4, 0.5) is 0 Å². The van der Waals surface area contributed by atoms with Crippen LogP contribution in [0, 0.1) is 11.8 Å². The fraction of sp³-hybridized carbons (Fsp3) is 0.467. The predicted molar refractivity (Wildman–Crippen MR) is 73.6 cm³/mol. The average Bonchev–Trinajstić information content (AvgIpc) is 2.81. The Labute approximate surface area is 118 Å². The first-order valence-corrected chi connectivity index (χ1v) is 6.65. The number of carboxylic acid groups (broad SMARTS) is 1. The Morgan fingerprint density at radius 1 is 1.35 bits per heavy atom. The monoisotopic (exact) mass is 277 g/mol. The molecular formula is C15H19NO4. The van der Waals surface area contributed by atoms with Crippen LogP contribution < -0.4 is 4.74 Å². The van der Waals surface area contributed by atoms with Crippen LogP contribution >= 0.6 is 0 Å². The van der Waals surface area contributed by atoms with Crippen molar-refractivity contribution in [3.63, 3.8) is 0 Å². The van der Waals surface area contributed by atoms with Crippen molar-refractivity contribution < 1.29 is 19.4 Å². The third-order valence-electron chi connectivity index (χ3n) is 3.82. The van der Waals surface area contributed by atoms with E-state index in [-0.39, 0.29) is 18.2 Å². The lowest BCUT2D eigenvalue weighted by molar-refractivity contribution is -0.142. The lowest BCUT2D eigenvalue weighted by Crippen LogP contribution is -2.31. The van der Waals surface area contributed by atoms with Gasteiger partial charge in [-0.15, -0.1) is 0 Å². The van der Waals surface area contributed by atoms with Gasteiger partial charge in [0.2, 0.25) is 5.91 Å². The van der Waals surface area contributed by atoms with Gasteiger partial charge in [-0.05, 0) is 12.0 Å². The second kappa shape index (κ2) is 5.94. The van der Waals surface area contributed by atoms with Crippen molar-refractivity contribution in [1.82, 2.24) is 4.90 Å². The van der Waals surface area contributed by atoms with Gasteiger partial charge in [0.25, 0.3) is 0 Å². The molecule has 1 aliphatic heterocycles. The number of likely N-dealkylation sites (tertiary alicyclic amines) is 1. The topological polar surface area (TPSA) is 66.8 Å². The van der Waals surface area contributed by atoms with Gasteiger partial charge < -0.3 is 14.7 Å². The number of rotatable bonds is 4. The fourth-order valence-corrected chi connectivity index (χ4v) is 2.62. The first-order valence-electron chi connectivity index (χ1n) is 6.65. The van der Waals surface area contributed by atoms with E-state index in [0.29, 0.717) is 18.8 Å². The van der Waals surface area contributed by atoms with E-state index in [2.05, 4.69) is 0 Å². The van der Waals surface area contributed by atoms with Crippen molar-refractivity contribution >= 4 is 11.9 Å². The molecule has 0 aromatic heterocycles. The van der Waals surface area contributed by atoms with Crippen molar-refractivity contribution in [2.75, 3.05) is 20.2 Å². The Morgan fingerprint density at radius 2 is 2.05 bits per heavy atom. The third kappa shape index (κ3) is 2.92. The van der Waals surface area contributed by atoms with E-state index in [9.17, 15) is 9.59 Å². The quantitative estimate of drug-likeness (QED) is 0.903. The lowest BCUT2D eigenvalue weighted by Gasteiger charge is -2.17. The first kappa shape index (κ1) is 14.4. The minimum atomic E-state index is -0.829. The maximum atomic E-state index is 12.3. The minimum Gasteiger partial charge on any atom is -0.496 e. The maximum Gasteiger partial charge on any atom is 0.308 e. The number of para-hydroxylation sites is 1. The molecule has 0 saturated carbocycles. The van der Waals surface area contributed by atoms with Gasteiger partial charge in [0.15, 0.2) is 0 Å². The largest absolute Gasteiger partial charge is 0.496 e. The Morgan fingerprint density at radius 3 is 2.65 bits per heavy atom. The summed E-state index contributed by atoms with van der Waals surface area (Å²) in [6, 6.07) is 7.38. The zero-order chi connectivity index (χ0) is 14.7. The number of benzene rings is 1. The number of hydrogen-bond acceptors (Lipinski definition) is 3. The highest BCUT2D eigenvalue weighted by Crippen LogP contribution is 2.25. The van der Waals surface area contributed by atoms with Crippen LogP contribution in [-0.4, -0.2) is 42.1 Å². The van der Waals surface area contributed by atoms with E-state index >= 15 is 0 Å². The van der Waals surface area contributed by atoms with Gasteiger partial charge in [-0.2, -0.15) is 0 Å². The molecule has 2 atom stereocenters. The van der Waals surface area contributed by atoms with E-state index in [0.717, 1.165) is 5.56 Å². The first-order chi connectivity index (χ1) is 9.52. The molecule has 0 spiro atoms. The molecule has 0 bridgehead atoms. The van der Waals surface area contributed by atoms with Gasteiger partial charge >= 0.3 is 5.97 Å². The van der Waals surface area contributed by atoms with Crippen LogP contribution in [0.1, 0.15) is 12.5 Å². The smallest absolute Gasteiger partial charge is 0.308 e. The van der Waals surface area contributed by atoms with Crippen molar-refractivity contribution in [3.8, 4) is 5.75 Å². The van der Waals surface area contributed by atoms with Crippen LogP contribution in [0.25, 0.3) is 0 Å². The minimum absolute atomic E-state index is 0.00545. The molecular weight excluding hydrogens is 258 g/mol. The SMILES string of the molecule is COc1ccccc1CC(=O)N1C[C@@H](C)[C@H](C(=O)O)C1. The molecule has 5 heteroatoms. The molecule has 1 fully saturated rings. The van der Waals surface area contributed by atoms with Crippen molar-refractivity contribution in [2.24, 2.45) is 11.8 Å². The summed E-state index contributed by atoms with van der Waals surface area (Å²) < 4.78 is 5.22. The van der Waals surface area contributed by atoms with Crippen LogP contribution in [0.5, 0.6) is 5.75 Å². The molecule has 0 radical (unpaired) electrons. The number of hydrogen-bond donors (Lipinski definition) is 1. The van der Waals surface area contributed by atoms with Crippen LogP contribution in [0.3, 0.4) is 0 Å². The maximum absolute atomic E-state index is 12.3. The normalized spacial score (nSPS) is 21.8. The summed E-state index contributed by atoms with van der Waals surface area (Å²) >= 11 is 0. The Balaban J connectivity index is 2.04. The summed E-state index contributed by atoms with van der Waals surface area (Å²) in [5.41, 5.74) is 0.825. The zero-order valence-electron chi connectivity index (χ0n) is 11.7. The summed E-state index contributed by atoms with van der Waals surface area (Å²) in [4.78, 5) is 25.0. The molecule has 5 nitrogen and oxygen atoms in total. The molecule has 108 valence electrons. The van der Waals surface area contributed by atoms with E-state index in [1.807, 2.05) is 31.2 Å². The third-order valence-corrected chi connectivity index (χ3v) is 3.82. The van der Waals surface area contributed by atoms with Crippen molar-refractivity contribution in [2.45, 2.75) is 13.3 Å². The molecule has 1 heterocycles. The van der Waals surface area contributed by atoms with Gasteiger partial charge in [0.1, 0.15) is 5.75 Å². The van der Waals surface area contributed by atoms with Gasteiger partial charge in [-0.3, -0.25) is 9.59 Å². The van der Waals surface area contributed by atoms with E-state index in [1.54, 1.807) is 12.0 Å². The summed E-state index contributed by atoms with van der Waals surface area (Å²) in [7, 11) is 1.57. The standard InChI is InChI=1S/C15H19NO4/c1-10-8-16(9-12(10)15(18)19)14(17)7-11-5-3-4-6-13(11)20-2/h3-6,10,12H,7-9H2,1-2H3,(H,18,19)/t10-,12-/m1/s1. The highest BCUT2D eigenvalue weighted by molar-refractivity contribution is 5.81. The van der Waals surface area contributed by atoms with Crippen LogP contribution in [0.15, 0.2) is 24.3 Å². The number of carboxylic acids is 1. The number of amides is 1.